The third-order valence-corrected chi connectivity index (χ3v) is 5.55. The maximum Gasteiger partial charge on any atom is 0.282 e. The highest BCUT2D eigenvalue weighted by atomic mass is 16.6. The monoisotopic (exact) mass is 458 g/mol. The number of rotatable bonds is 6. The summed E-state index contributed by atoms with van der Waals surface area (Å²) < 4.78 is 21.9. The van der Waals surface area contributed by atoms with Crippen molar-refractivity contribution in [2.75, 3.05) is 37.7 Å². The van der Waals surface area contributed by atoms with Crippen molar-refractivity contribution in [1.29, 1.82) is 0 Å². The summed E-state index contributed by atoms with van der Waals surface area (Å²) in [6.45, 7) is 0.849. The van der Waals surface area contributed by atoms with Gasteiger partial charge in [0, 0.05) is 30.0 Å². The Morgan fingerprint density at radius 3 is 2.15 bits per heavy atom. The number of nitrogens with zero attached hydrogens (tertiary/aromatic N) is 1. The largest absolute Gasteiger partial charge is 0.497 e. The molecule has 2 amide bonds. The van der Waals surface area contributed by atoms with Crippen LogP contribution in [-0.2, 0) is 9.59 Å². The smallest absolute Gasteiger partial charge is 0.282 e. The molecule has 34 heavy (non-hydrogen) atoms. The molecule has 8 nitrogen and oxygen atoms in total. The average Bonchev–Trinajstić information content (AvgIpc) is 3.12. The number of carbonyl (C=O) groups excluding carboxylic acids is 2. The minimum absolute atomic E-state index is 0.154. The fourth-order valence-corrected chi connectivity index (χ4v) is 3.95. The number of carbonyl (C=O) groups is 2. The van der Waals surface area contributed by atoms with Gasteiger partial charge in [-0.3, -0.25) is 9.59 Å². The van der Waals surface area contributed by atoms with Gasteiger partial charge in [-0.15, -0.1) is 0 Å². The molecule has 2 heterocycles. The first-order valence-corrected chi connectivity index (χ1v) is 10.7. The molecule has 1 N–H and O–H groups in total. The molecule has 8 heteroatoms. The summed E-state index contributed by atoms with van der Waals surface area (Å²) in [6.07, 6.45) is 0. The fraction of sp³-hybridized carbons (Fsp3) is 0.154. The lowest BCUT2D eigenvalue weighted by atomic mass is 10.0. The molecule has 0 bridgehead atoms. The lowest BCUT2D eigenvalue weighted by Gasteiger charge is -2.21. The van der Waals surface area contributed by atoms with Crippen LogP contribution in [0.2, 0.25) is 0 Å². The second kappa shape index (κ2) is 8.82. The summed E-state index contributed by atoms with van der Waals surface area (Å²) in [7, 11) is 3.09. The molecular weight excluding hydrogens is 436 g/mol. The van der Waals surface area contributed by atoms with Gasteiger partial charge in [-0.1, -0.05) is 30.3 Å². The third-order valence-electron chi connectivity index (χ3n) is 5.55. The van der Waals surface area contributed by atoms with Gasteiger partial charge in [-0.05, 0) is 17.7 Å². The number of ether oxygens (including phenoxy) is 4. The molecule has 2 aliphatic heterocycles. The number of amides is 2. The Morgan fingerprint density at radius 2 is 1.47 bits per heavy atom. The molecule has 0 radical (unpaired) electrons. The highest BCUT2D eigenvalue weighted by Crippen LogP contribution is 2.39. The van der Waals surface area contributed by atoms with E-state index in [4.69, 9.17) is 18.9 Å². The maximum absolute atomic E-state index is 13.6. The first kappa shape index (κ1) is 21.4. The zero-order valence-electron chi connectivity index (χ0n) is 18.7. The van der Waals surface area contributed by atoms with Crippen LogP contribution in [0.1, 0.15) is 5.56 Å². The van der Waals surface area contributed by atoms with Crippen molar-refractivity contribution in [3.05, 3.63) is 78.0 Å². The normalized spacial score (nSPS) is 14.9. The summed E-state index contributed by atoms with van der Waals surface area (Å²) in [4.78, 5) is 28.4. The Labute approximate surface area is 196 Å². The van der Waals surface area contributed by atoms with Gasteiger partial charge in [-0.2, -0.15) is 0 Å². The first-order valence-electron chi connectivity index (χ1n) is 10.7. The van der Waals surface area contributed by atoms with Gasteiger partial charge in [-0.25, -0.2) is 4.90 Å². The molecular formula is C26H22N2O6. The predicted molar refractivity (Wildman–Crippen MR) is 126 cm³/mol. The Hall–Kier alpha value is -4.46. The van der Waals surface area contributed by atoms with E-state index >= 15 is 0 Å². The van der Waals surface area contributed by atoms with E-state index in [1.54, 1.807) is 62.8 Å². The molecule has 5 rings (SSSR count). The number of benzene rings is 3. The minimum Gasteiger partial charge on any atom is -0.497 e. The van der Waals surface area contributed by atoms with Gasteiger partial charge < -0.3 is 24.3 Å². The van der Waals surface area contributed by atoms with Crippen molar-refractivity contribution in [3.63, 3.8) is 0 Å². The number of fused-ring (bicyclic) bond motifs is 1. The Balaban J connectivity index is 1.58. The molecule has 0 unspecified atom stereocenters. The van der Waals surface area contributed by atoms with Crippen LogP contribution >= 0.6 is 0 Å². The van der Waals surface area contributed by atoms with Crippen LogP contribution in [0.25, 0.3) is 5.57 Å². The number of methoxy groups -OCH3 is 2. The molecule has 3 aromatic rings. The third kappa shape index (κ3) is 3.79. The Morgan fingerprint density at radius 1 is 0.794 bits per heavy atom. The topological polar surface area (TPSA) is 86.3 Å². The summed E-state index contributed by atoms with van der Waals surface area (Å²) in [5, 5.41) is 3.13. The van der Waals surface area contributed by atoms with Crippen LogP contribution in [0.15, 0.2) is 72.4 Å². The number of hydrogen-bond acceptors (Lipinski definition) is 7. The van der Waals surface area contributed by atoms with Gasteiger partial charge in [0.15, 0.2) is 11.5 Å². The number of nitrogens with one attached hydrogen (secondary N) is 1. The van der Waals surface area contributed by atoms with Crippen molar-refractivity contribution in [2.45, 2.75) is 0 Å². The van der Waals surface area contributed by atoms with Crippen molar-refractivity contribution >= 4 is 28.8 Å². The van der Waals surface area contributed by atoms with E-state index in [-0.39, 0.29) is 11.3 Å². The Bertz CT molecular complexity index is 1280. The number of imide groups is 1. The average molecular weight is 458 g/mol. The van der Waals surface area contributed by atoms with E-state index in [9.17, 15) is 9.59 Å². The van der Waals surface area contributed by atoms with Crippen LogP contribution in [0, 0.1) is 0 Å². The van der Waals surface area contributed by atoms with Crippen LogP contribution in [0.4, 0.5) is 11.4 Å². The molecule has 0 aromatic heterocycles. The SMILES string of the molecule is COc1cc(NC2=C(c3ccccc3)C(=O)N(c3ccc4c(c3)OCCO4)C2=O)cc(OC)c1. The Kier molecular flexibility index (Phi) is 5.55. The lowest BCUT2D eigenvalue weighted by molar-refractivity contribution is -0.120. The summed E-state index contributed by atoms with van der Waals surface area (Å²) in [5.74, 6) is 1.23. The number of anilines is 2. The standard InChI is InChI=1S/C26H22N2O6/c1-31-19-12-17(13-20(15-19)32-2)27-24-23(16-6-4-3-5-7-16)25(29)28(26(24)30)18-8-9-21-22(14-18)34-11-10-33-21/h3-9,12-15,27H,10-11H2,1-2H3. The molecule has 0 saturated carbocycles. The summed E-state index contributed by atoms with van der Waals surface area (Å²) in [5.41, 5.74) is 1.99. The quantitative estimate of drug-likeness (QED) is 0.561. The summed E-state index contributed by atoms with van der Waals surface area (Å²) in [6, 6.07) is 19.3. The van der Waals surface area contributed by atoms with E-state index in [1.807, 2.05) is 18.2 Å². The second-order valence-electron chi connectivity index (χ2n) is 7.62. The van der Waals surface area contributed by atoms with Crippen molar-refractivity contribution < 1.29 is 28.5 Å². The van der Waals surface area contributed by atoms with E-state index in [1.165, 1.54) is 0 Å². The maximum atomic E-state index is 13.6. The molecule has 2 aliphatic rings. The number of hydrogen-bond donors (Lipinski definition) is 1. The minimum atomic E-state index is -0.484. The molecule has 0 spiro atoms. The van der Waals surface area contributed by atoms with Gasteiger partial charge in [0.05, 0.1) is 25.5 Å². The van der Waals surface area contributed by atoms with Gasteiger partial charge in [0.25, 0.3) is 11.8 Å². The van der Waals surface area contributed by atoms with Gasteiger partial charge >= 0.3 is 0 Å². The first-order chi connectivity index (χ1) is 16.6. The highest BCUT2D eigenvalue weighted by molar-refractivity contribution is 6.46. The zero-order valence-corrected chi connectivity index (χ0v) is 18.7. The highest BCUT2D eigenvalue weighted by Gasteiger charge is 2.40. The van der Waals surface area contributed by atoms with Crippen LogP contribution in [-0.4, -0.2) is 39.2 Å². The van der Waals surface area contributed by atoms with Gasteiger partial charge in [0.2, 0.25) is 0 Å². The molecule has 3 aromatic carbocycles. The summed E-state index contributed by atoms with van der Waals surface area (Å²) >= 11 is 0. The van der Waals surface area contributed by atoms with Crippen LogP contribution in [0.3, 0.4) is 0 Å². The second-order valence-corrected chi connectivity index (χ2v) is 7.62. The molecule has 0 atom stereocenters. The molecule has 172 valence electrons. The molecule has 0 aliphatic carbocycles. The van der Waals surface area contributed by atoms with E-state index in [0.717, 1.165) is 4.90 Å². The van der Waals surface area contributed by atoms with E-state index in [2.05, 4.69) is 5.32 Å². The zero-order chi connectivity index (χ0) is 23.7. The lowest BCUT2D eigenvalue weighted by Crippen LogP contribution is -2.32. The van der Waals surface area contributed by atoms with Crippen LogP contribution in [0.5, 0.6) is 23.0 Å². The van der Waals surface area contributed by atoms with Crippen molar-refractivity contribution in [2.24, 2.45) is 0 Å². The van der Waals surface area contributed by atoms with E-state index in [0.29, 0.717) is 53.2 Å². The van der Waals surface area contributed by atoms with E-state index < -0.39 is 11.8 Å². The van der Waals surface area contributed by atoms with Crippen LogP contribution < -0.4 is 29.2 Å². The van der Waals surface area contributed by atoms with Crippen molar-refractivity contribution in [3.8, 4) is 23.0 Å². The molecule has 0 saturated heterocycles. The predicted octanol–water partition coefficient (Wildman–Crippen LogP) is 3.87. The van der Waals surface area contributed by atoms with Crippen molar-refractivity contribution in [1.82, 2.24) is 0 Å². The molecule has 0 fully saturated rings. The van der Waals surface area contributed by atoms with Gasteiger partial charge in [0.1, 0.15) is 30.4 Å². The fourth-order valence-electron chi connectivity index (χ4n) is 3.95.